The highest BCUT2D eigenvalue weighted by molar-refractivity contribution is 6.31. The van der Waals surface area contributed by atoms with E-state index < -0.39 is 0 Å². The van der Waals surface area contributed by atoms with Crippen molar-refractivity contribution in [3.8, 4) is 0 Å². The van der Waals surface area contributed by atoms with Gasteiger partial charge >= 0.3 is 0 Å². The van der Waals surface area contributed by atoms with Crippen LogP contribution in [0.5, 0.6) is 0 Å². The molecule has 1 aromatic rings. The average Bonchev–Trinajstić information content (AvgIpc) is 2.63. The zero-order chi connectivity index (χ0) is 18.9. The number of nitrogens with one attached hydrogen (secondary N) is 1. The first kappa shape index (κ1) is 20.2. The zero-order valence-electron chi connectivity index (χ0n) is 15.2. The van der Waals surface area contributed by atoms with E-state index in [9.17, 15) is 14.4 Å². The van der Waals surface area contributed by atoms with E-state index in [0.717, 1.165) is 23.4 Å². The predicted octanol–water partition coefficient (Wildman–Crippen LogP) is 1.86. The molecule has 1 aliphatic heterocycles. The van der Waals surface area contributed by atoms with Crippen molar-refractivity contribution in [2.75, 3.05) is 32.7 Å². The summed E-state index contributed by atoms with van der Waals surface area (Å²) in [4.78, 5) is 38.8. The number of carbonyl (C=O) groups excluding carboxylic acids is 3. The minimum Gasteiger partial charge on any atom is -0.356 e. The van der Waals surface area contributed by atoms with E-state index in [-0.39, 0.29) is 24.1 Å². The van der Waals surface area contributed by atoms with Crippen molar-refractivity contribution in [3.63, 3.8) is 0 Å². The van der Waals surface area contributed by atoms with Gasteiger partial charge in [-0.15, -0.1) is 0 Å². The van der Waals surface area contributed by atoms with E-state index >= 15 is 0 Å². The molecule has 1 aromatic carbocycles. The molecule has 2 rings (SSSR count). The minimum atomic E-state index is -0.0498. The SMILES string of the molecule is CC(=O)N1CCN(C(=O)CCNC(=O)CCCc2ccccc2Cl)CC1. The molecule has 142 valence electrons. The van der Waals surface area contributed by atoms with Gasteiger partial charge in [0.1, 0.15) is 0 Å². The normalized spacial score (nSPS) is 14.2. The lowest BCUT2D eigenvalue weighted by molar-refractivity contribution is -0.138. The van der Waals surface area contributed by atoms with E-state index in [1.165, 1.54) is 0 Å². The van der Waals surface area contributed by atoms with Crippen LogP contribution in [0.15, 0.2) is 24.3 Å². The maximum absolute atomic E-state index is 12.1. The lowest BCUT2D eigenvalue weighted by Gasteiger charge is -2.34. The number of nitrogens with zero attached hydrogens (tertiary/aromatic N) is 2. The molecule has 0 spiro atoms. The number of hydrogen-bond donors (Lipinski definition) is 1. The third-order valence-electron chi connectivity index (χ3n) is 4.55. The highest BCUT2D eigenvalue weighted by atomic mass is 35.5. The summed E-state index contributed by atoms with van der Waals surface area (Å²) in [5, 5.41) is 3.52. The second kappa shape index (κ2) is 10.2. The molecule has 0 atom stereocenters. The van der Waals surface area contributed by atoms with E-state index in [2.05, 4.69) is 5.32 Å². The number of piperazine rings is 1. The van der Waals surface area contributed by atoms with Crippen LogP contribution < -0.4 is 5.32 Å². The number of benzene rings is 1. The maximum atomic E-state index is 12.1. The molecule has 1 fully saturated rings. The highest BCUT2D eigenvalue weighted by Crippen LogP contribution is 2.17. The summed E-state index contributed by atoms with van der Waals surface area (Å²) >= 11 is 6.09. The van der Waals surface area contributed by atoms with E-state index in [1.807, 2.05) is 24.3 Å². The van der Waals surface area contributed by atoms with Gasteiger partial charge in [0.05, 0.1) is 0 Å². The molecule has 1 N–H and O–H groups in total. The summed E-state index contributed by atoms with van der Waals surface area (Å²) in [6, 6.07) is 7.63. The van der Waals surface area contributed by atoms with Gasteiger partial charge in [-0.05, 0) is 24.5 Å². The average molecular weight is 380 g/mol. The van der Waals surface area contributed by atoms with Gasteiger partial charge in [0, 0.05) is 57.5 Å². The van der Waals surface area contributed by atoms with Crippen LogP contribution >= 0.6 is 11.6 Å². The number of rotatable bonds is 7. The standard InChI is InChI=1S/C19H26ClN3O3/c1-15(24)22-11-13-23(14-12-22)19(26)9-10-21-18(25)8-4-6-16-5-2-3-7-17(16)20/h2-3,5,7H,4,6,8-14H2,1H3,(H,21,25). The Morgan fingerprint density at radius 2 is 1.69 bits per heavy atom. The fourth-order valence-electron chi connectivity index (χ4n) is 2.97. The molecule has 1 saturated heterocycles. The molecule has 1 aliphatic rings. The Morgan fingerprint density at radius 3 is 2.35 bits per heavy atom. The van der Waals surface area contributed by atoms with Crippen molar-refractivity contribution in [3.05, 3.63) is 34.9 Å². The molecule has 0 bridgehead atoms. The minimum absolute atomic E-state index is 0.0181. The molecule has 3 amide bonds. The number of aryl methyl sites for hydroxylation is 1. The molecule has 0 aliphatic carbocycles. The van der Waals surface area contributed by atoms with Crippen molar-refractivity contribution in [2.24, 2.45) is 0 Å². The Bertz CT molecular complexity index is 643. The van der Waals surface area contributed by atoms with Crippen LogP contribution in [0.2, 0.25) is 5.02 Å². The monoisotopic (exact) mass is 379 g/mol. The summed E-state index contributed by atoms with van der Waals surface area (Å²) in [5.41, 5.74) is 1.04. The Morgan fingerprint density at radius 1 is 1.04 bits per heavy atom. The first-order valence-corrected chi connectivity index (χ1v) is 9.38. The van der Waals surface area contributed by atoms with Crippen molar-refractivity contribution < 1.29 is 14.4 Å². The van der Waals surface area contributed by atoms with Crippen LogP contribution in [-0.4, -0.2) is 60.2 Å². The van der Waals surface area contributed by atoms with E-state index in [4.69, 9.17) is 11.6 Å². The zero-order valence-corrected chi connectivity index (χ0v) is 15.9. The van der Waals surface area contributed by atoms with Crippen LogP contribution in [0, 0.1) is 0 Å². The van der Waals surface area contributed by atoms with Crippen molar-refractivity contribution in [1.29, 1.82) is 0 Å². The first-order chi connectivity index (χ1) is 12.5. The first-order valence-electron chi connectivity index (χ1n) is 9.01. The molecule has 0 unspecified atom stereocenters. The van der Waals surface area contributed by atoms with Gasteiger partial charge in [0.15, 0.2) is 0 Å². The Labute approximate surface area is 159 Å². The fourth-order valence-corrected chi connectivity index (χ4v) is 3.20. The van der Waals surface area contributed by atoms with Crippen LogP contribution in [0.3, 0.4) is 0 Å². The molecular formula is C19H26ClN3O3. The van der Waals surface area contributed by atoms with Gasteiger partial charge in [0.2, 0.25) is 17.7 Å². The highest BCUT2D eigenvalue weighted by Gasteiger charge is 2.21. The Balaban J connectivity index is 1.59. The summed E-state index contributed by atoms with van der Waals surface area (Å²) in [7, 11) is 0. The molecule has 0 aromatic heterocycles. The largest absolute Gasteiger partial charge is 0.356 e. The van der Waals surface area contributed by atoms with Crippen LogP contribution in [0.4, 0.5) is 0 Å². The number of amides is 3. The summed E-state index contributed by atoms with van der Waals surface area (Å²) < 4.78 is 0. The number of carbonyl (C=O) groups is 3. The van der Waals surface area contributed by atoms with Gasteiger partial charge in [-0.2, -0.15) is 0 Å². The van der Waals surface area contributed by atoms with Crippen LogP contribution in [0.25, 0.3) is 0 Å². The lowest BCUT2D eigenvalue weighted by atomic mass is 10.1. The van der Waals surface area contributed by atoms with E-state index in [0.29, 0.717) is 39.1 Å². The quantitative estimate of drug-likeness (QED) is 0.786. The predicted molar refractivity (Wildman–Crippen MR) is 101 cm³/mol. The summed E-state index contributed by atoms with van der Waals surface area (Å²) in [6.45, 7) is 4.16. The maximum Gasteiger partial charge on any atom is 0.224 e. The third-order valence-corrected chi connectivity index (χ3v) is 4.92. The van der Waals surface area contributed by atoms with Gasteiger partial charge in [0.25, 0.3) is 0 Å². The fraction of sp³-hybridized carbons (Fsp3) is 0.526. The molecule has 0 saturated carbocycles. The lowest BCUT2D eigenvalue weighted by Crippen LogP contribution is -2.50. The van der Waals surface area contributed by atoms with Gasteiger partial charge in [-0.1, -0.05) is 29.8 Å². The molecular weight excluding hydrogens is 354 g/mol. The molecule has 6 nitrogen and oxygen atoms in total. The van der Waals surface area contributed by atoms with Crippen molar-refractivity contribution >= 4 is 29.3 Å². The van der Waals surface area contributed by atoms with Gasteiger partial charge in [-0.25, -0.2) is 0 Å². The number of hydrogen-bond acceptors (Lipinski definition) is 3. The third kappa shape index (κ3) is 6.33. The molecule has 0 radical (unpaired) electrons. The topological polar surface area (TPSA) is 69.7 Å². The smallest absolute Gasteiger partial charge is 0.224 e. The van der Waals surface area contributed by atoms with Crippen LogP contribution in [0.1, 0.15) is 31.7 Å². The summed E-state index contributed by atoms with van der Waals surface area (Å²) in [5.74, 6) is 0.0111. The van der Waals surface area contributed by atoms with Gasteiger partial charge < -0.3 is 15.1 Å². The molecule has 7 heteroatoms. The van der Waals surface area contributed by atoms with Gasteiger partial charge in [-0.3, -0.25) is 14.4 Å². The van der Waals surface area contributed by atoms with Crippen molar-refractivity contribution in [2.45, 2.75) is 32.6 Å². The van der Waals surface area contributed by atoms with E-state index in [1.54, 1.807) is 16.7 Å². The molecule has 26 heavy (non-hydrogen) atoms. The summed E-state index contributed by atoms with van der Waals surface area (Å²) in [6.07, 6.45) is 2.18. The number of halogens is 1. The Kier molecular flexibility index (Phi) is 7.91. The second-order valence-electron chi connectivity index (χ2n) is 6.43. The second-order valence-corrected chi connectivity index (χ2v) is 6.84. The van der Waals surface area contributed by atoms with Crippen LogP contribution in [-0.2, 0) is 20.8 Å². The Hall–Kier alpha value is -2.08. The molecule has 1 heterocycles. The van der Waals surface area contributed by atoms with Crippen molar-refractivity contribution in [1.82, 2.24) is 15.1 Å².